The lowest BCUT2D eigenvalue weighted by Crippen LogP contribution is -2.26. The zero-order chi connectivity index (χ0) is 13.9. The van der Waals surface area contributed by atoms with Gasteiger partial charge in [0.2, 0.25) is 0 Å². The summed E-state index contributed by atoms with van der Waals surface area (Å²) in [4.78, 5) is 10.2. The van der Waals surface area contributed by atoms with Gasteiger partial charge in [-0.05, 0) is 22.4 Å². The summed E-state index contributed by atoms with van der Waals surface area (Å²) in [5.41, 5.74) is 5.79. The quantitative estimate of drug-likeness (QED) is 0.555. The van der Waals surface area contributed by atoms with Crippen LogP contribution in [0.5, 0.6) is 5.75 Å². The first kappa shape index (κ1) is 18.1. The first-order valence-corrected chi connectivity index (χ1v) is 6.28. The average molecular weight is 356 g/mol. The fourth-order valence-corrected chi connectivity index (χ4v) is 2.11. The Morgan fingerprint density at radius 3 is 2.58 bits per heavy atom. The van der Waals surface area contributed by atoms with Crippen LogP contribution >= 0.6 is 28.3 Å². The molecule has 0 heterocycles. The van der Waals surface area contributed by atoms with E-state index in [1.165, 1.54) is 12.1 Å². The summed E-state index contributed by atoms with van der Waals surface area (Å²) in [6.45, 7) is 1.89. The Bertz CT molecular complexity index is 459. The van der Waals surface area contributed by atoms with E-state index >= 15 is 0 Å². The smallest absolute Gasteiger partial charge is 0.271 e. The third-order valence-electron chi connectivity index (χ3n) is 2.65. The van der Waals surface area contributed by atoms with Crippen molar-refractivity contribution in [3.8, 4) is 5.75 Å². The summed E-state index contributed by atoms with van der Waals surface area (Å²) >= 11 is 3.03. The van der Waals surface area contributed by atoms with Crippen LogP contribution in [0.3, 0.4) is 0 Å². The molecule has 108 valence electrons. The molecule has 0 saturated carbocycles. The molecule has 0 unspecified atom stereocenters. The number of aromatic hydroxyl groups is 1. The van der Waals surface area contributed by atoms with E-state index in [0.29, 0.717) is 6.42 Å². The Morgan fingerprint density at radius 1 is 1.53 bits per heavy atom. The summed E-state index contributed by atoms with van der Waals surface area (Å²) < 4.78 is 0.186. The van der Waals surface area contributed by atoms with Crippen LogP contribution in [0.2, 0.25) is 0 Å². The van der Waals surface area contributed by atoms with E-state index in [0.717, 1.165) is 6.42 Å². The summed E-state index contributed by atoms with van der Waals surface area (Å²) in [6.07, 6.45) is 0.335. The molecular formula is C11H16BrClN2O4. The van der Waals surface area contributed by atoms with E-state index in [4.69, 9.17) is 5.73 Å². The third kappa shape index (κ3) is 4.31. The summed E-state index contributed by atoms with van der Waals surface area (Å²) in [5.74, 6) is -0.178. The Labute approximate surface area is 125 Å². The molecule has 19 heavy (non-hydrogen) atoms. The minimum Gasteiger partial charge on any atom is -0.506 e. The van der Waals surface area contributed by atoms with Crippen molar-refractivity contribution in [3.63, 3.8) is 0 Å². The maximum Gasteiger partial charge on any atom is 0.271 e. The van der Waals surface area contributed by atoms with Crippen molar-refractivity contribution in [2.24, 2.45) is 5.73 Å². The molecule has 0 aliphatic carbocycles. The number of phenolic OH excluding ortho intramolecular Hbond substituents is 1. The molecule has 0 aliphatic rings. The molecule has 0 saturated heterocycles. The molecule has 1 aromatic carbocycles. The zero-order valence-corrected chi connectivity index (χ0v) is 12.6. The standard InChI is InChI=1S/C11H15BrN2O4.ClH/c1-2-3-9(15)10(13)7-4-6(14(17)18)5-8(12)11(7)16;/h4-5,9-10,15-16H,2-3,13H2,1H3;1H/t9-,10+;/m0./s1. The van der Waals surface area contributed by atoms with Gasteiger partial charge in [0.25, 0.3) is 5.69 Å². The number of halogens is 2. The first-order chi connectivity index (χ1) is 8.38. The number of hydrogen-bond donors (Lipinski definition) is 3. The normalized spacial score (nSPS) is 13.5. The molecule has 0 fully saturated rings. The molecule has 1 aromatic rings. The van der Waals surface area contributed by atoms with Gasteiger partial charge in [-0.1, -0.05) is 13.3 Å². The summed E-state index contributed by atoms with van der Waals surface area (Å²) in [5, 5.41) is 30.4. The second kappa shape index (κ2) is 7.64. The fourth-order valence-electron chi connectivity index (χ4n) is 1.65. The van der Waals surface area contributed by atoms with Gasteiger partial charge in [-0.25, -0.2) is 0 Å². The average Bonchev–Trinajstić information content (AvgIpc) is 2.31. The van der Waals surface area contributed by atoms with Gasteiger partial charge in [0.05, 0.1) is 21.5 Å². The van der Waals surface area contributed by atoms with E-state index < -0.39 is 17.1 Å². The molecule has 0 amide bonds. The number of phenols is 1. The number of benzene rings is 1. The lowest BCUT2D eigenvalue weighted by Gasteiger charge is -2.19. The van der Waals surface area contributed by atoms with Crippen LogP contribution in [0.1, 0.15) is 31.4 Å². The van der Waals surface area contributed by atoms with E-state index in [1.54, 1.807) is 0 Å². The van der Waals surface area contributed by atoms with Crippen LogP contribution in [-0.4, -0.2) is 21.2 Å². The van der Waals surface area contributed by atoms with Crippen LogP contribution < -0.4 is 5.73 Å². The predicted octanol–water partition coefficient (Wildman–Crippen LogP) is 2.65. The molecule has 2 atom stereocenters. The highest BCUT2D eigenvalue weighted by atomic mass is 79.9. The topological polar surface area (TPSA) is 110 Å². The van der Waals surface area contributed by atoms with Crippen molar-refractivity contribution in [1.82, 2.24) is 0 Å². The van der Waals surface area contributed by atoms with E-state index in [9.17, 15) is 20.3 Å². The highest BCUT2D eigenvalue weighted by Gasteiger charge is 2.23. The summed E-state index contributed by atoms with van der Waals surface area (Å²) in [6, 6.07) is 1.52. The molecule has 0 bridgehead atoms. The van der Waals surface area contributed by atoms with Gasteiger partial charge < -0.3 is 15.9 Å². The molecule has 0 aliphatic heterocycles. The van der Waals surface area contributed by atoms with Crippen molar-refractivity contribution >= 4 is 34.0 Å². The monoisotopic (exact) mass is 354 g/mol. The third-order valence-corrected chi connectivity index (χ3v) is 3.25. The van der Waals surface area contributed by atoms with Crippen LogP contribution in [-0.2, 0) is 0 Å². The number of nitrogens with two attached hydrogens (primary N) is 1. The Balaban J connectivity index is 0.00000324. The van der Waals surface area contributed by atoms with E-state index in [2.05, 4.69) is 15.9 Å². The first-order valence-electron chi connectivity index (χ1n) is 5.48. The minimum absolute atomic E-state index is 0. The maximum atomic E-state index is 10.7. The second-order valence-electron chi connectivity index (χ2n) is 4.00. The molecule has 0 aromatic heterocycles. The predicted molar refractivity (Wildman–Crippen MR) is 77.6 cm³/mol. The van der Waals surface area contributed by atoms with Crippen LogP contribution in [0.25, 0.3) is 0 Å². The van der Waals surface area contributed by atoms with Crippen molar-refractivity contribution < 1.29 is 15.1 Å². The number of hydrogen-bond acceptors (Lipinski definition) is 5. The maximum absolute atomic E-state index is 10.7. The highest BCUT2D eigenvalue weighted by Crippen LogP contribution is 2.36. The van der Waals surface area contributed by atoms with E-state index in [1.807, 2.05) is 6.92 Å². The Hall–Kier alpha value is -0.890. The Kier molecular flexibility index (Phi) is 7.28. The number of non-ortho nitro benzene ring substituents is 1. The van der Waals surface area contributed by atoms with Gasteiger partial charge in [-0.3, -0.25) is 10.1 Å². The highest BCUT2D eigenvalue weighted by molar-refractivity contribution is 9.10. The van der Waals surface area contributed by atoms with Gasteiger partial charge in [0, 0.05) is 17.7 Å². The van der Waals surface area contributed by atoms with Gasteiger partial charge >= 0.3 is 0 Å². The SMILES string of the molecule is CCC[C@H](O)[C@H](N)c1cc([N+](=O)[O-])cc(Br)c1O.Cl. The van der Waals surface area contributed by atoms with Crippen molar-refractivity contribution in [2.75, 3.05) is 0 Å². The fraction of sp³-hybridized carbons (Fsp3) is 0.455. The van der Waals surface area contributed by atoms with Crippen molar-refractivity contribution in [2.45, 2.75) is 31.9 Å². The lowest BCUT2D eigenvalue weighted by molar-refractivity contribution is -0.385. The molecular weight excluding hydrogens is 339 g/mol. The van der Waals surface area contributed by atoms with Gasteiger partial charge in [-0.15, -0.1) is 12.4 Å². The van der Waals surface area contributed by atoms with Crippen LogP contribution in [0.15, 0.2) is 16.6 Å². The van der Waals surface area contributed by atoms with Crippen LogP contribution in [0.4, 0.5) is 5.69 Å². The molecule has 1 rings (SSSR count). The van der Waals surface area contributed by atoms with Gasteiger partial charge in [0.1, 0.15) is 5.75 Å². The Morgan fingerprint density at radius 2 is 2.11 bits per heavy atom. The molecule has 8 heteroatoms. The van der Waals surface area contributed by atoms with Crippen LogP contribution in [0, 0.1) is 10.1 Å². The molecule has 6 nitrogen and oxygen atoms in total. The number of rotatable bonds is 5. The number of nitrogens with zero attached hydrogens (tertiary/aromatic N) is 1. The van der Waals surface area contributed by atoms with Gasteiger partial charge in [0.15, 0.2) is 0 Å². The van der Waals surface area contributed by atoms with Crippen molar-refractivity contribution in [1.29, 1.82) is 0 Å². The minimum atomic E-state index is -0.860. The number of aliphatic hydroxyl groups excluding tert-OH is 1. The van der Waals surface area contributed by atoms with Gasteiger partial charge in [-0.2, -0.15) is 0 Å². The largest absolute Gasteiger partial charge is 0.506 e. The number of aliphatic hydroxyl groups is 1. The number of nitro groups is 1. The lowest BCUT2D eigenvalue weighted by atomic mass is 9.98. The number of nitro benzene ring substituents is 1. The molecule has 0 spiro atoms. The molecule has 4 N–H and O–H groups in total. The summed E-state index contributed by atoms with van der Waals surface area (Å²) in [7, 11) is 0. The van der Waals surface area contributed by atoms with E-state index in [-0.39, 0.29) is 33.9 Å². The second-order valence-corrected chi connectivity index (χ2v) is 4.86. The zero-order valence-electron chi connectivity index (χ0n) is 10.2. The molecule has 0 radical (unpaired) electrons. The van der Waals surface area contributed by atoms with Crippen molar-refractivity contribution in [3.05, 3.63) is 32.3 Å².